The molecular formula is C14H9BrClF3. The predicted molar refractivity (Wildman–Crippen MR) is 73.1 cm³/mol. The van der Waals surface area contributed by atoms with Crippen molar-refractivity contribution in [2.24, 2.45) is 0 Å². The zero-order valence-electron chi connectivity index (χ0n) is 9.64. The van der Waals surface area contributed by atoms with Crippen LogP contribution in [0.15, 0.2) is 36.4 Å². The average Bonchev–Trinajstić information content (AvgIpc) is 2.37. The van der Waals surface area contributed by atoms with E-state index in [-0.39, 0.29) is 17.0 Å². The summed E-state index contributed by atoms with van der Waals surface area (Å²) >= 11 is 8.89. The van der Waals surface area contributed by atoms with E-state index in [0.29, 0.717) is 5.56 Å². The summed E-state index contributed by atoms with van der Waals surface area (Å²) < 4.78 is 40.4. The van der Waals surface area contributed by atoms with Crippen molar-refractivity contribution in [2.45, 2.75) is 11.2 Å². The third kappa shape index (κ3) is 3.31. The summed E-state index contributed by atoms with van der Waals surface area (Å²) in [6.45, 7) is 0. The number of hydrogen-bond donors (Lipinski definition) is 0. The summed E-state index contributed by atoms with van der Waals surface area (Å²) in [5, 5.41) is 0.0144. The van der Waals surface area contributed by atoms with Gasteiger partial charge in [0.15, 0.2) is 0 Å². The van der Waals surface area contributed by atoms with Crippen LogP contribution in [0.4, 0.5) is 13.2 Å². The van der Waals surface area contributed by atoms with Crippen LogP contribution in [-0.2, 0) is 6.42 Å². The van der Waals surface area contributed by atoms with Crippen LogP contribution in [0.2, 0.25) is 5.02 Å². The van der Waals surface area contributed by atoms with Crippen LogP contribution in [-0.4, -0.2) is 0 Å². The fourth-order valence-electron chi connectivity index (χ4n) is 1.73. The maximum absolute atomic E-state index is 13.5. The highest BCUT2D eigenvalue weighted by Crippen LogP contribution is 2.30. The van der Waals surface area contributed by atoms with Crippen LogP contribution < -0.4 is 0 Å². The van der Waals surface area contributed by atoms with Gasteiger partial charge in [-0.05, 0) is 36.2 Å². The average molecular weight is 350 g/mol. The lowest BCUT2D eigenvalue weighted by Gasteiger charge is -2.12. The van der Waals surface area contributed by atoms with Crippen molar-refractivity contribution in [2.75, 3.05) is 0 Å². The molecule has 0 nitrogen and oxygen atoms in total. The van der Waals surface area contributed by atoms with Gasteiger partial charge in [-0.3, -0.25) is 0 Å². The van der Waals surface area contributed by atoms with Gasteiger partial charge >= 0.3 is 0 Å². The smallest absolute Gasteiger partial charge is 0.142 e. The summed E-state index contributed by atoms with van der Waals surface area (Å²) in [5.74, 6) is -1.78. The van der Waals surface area contributed by atoms with E-state index in [4.69, 9.17) is 11.6 Å². The number of rotatable bonds is 3. The molecule has 0 aliphatic heterocycles. The minimum absolute atomic E-state index is 0.0144. The van der Waals surface area contributed by atoms with Crippen LogP contribution in [0.5, 0.6) is 0 Å². The summed E-state index contributed by atoms with van der Waals surface area (Å²) in [4.78, 5) is -0.398. The lowest BCUT2D eigenvalue weighted by atomic mass is 10.0. The van der Waals surface area contributed by atoms with E-state index in [0.717, 1.165) is 0 Å². The molecule has 0 amide bonds. The molecule has 0 bridgehead atoms. The minimum Gasteiger partial charge on any atom is -0.207 e. The van der Waals surface area contributed by atoms with Crippen LogP contribution in [0, 0.1) is 17.5 Å². The first-order chi connectivity index (χ1) is 8.99. The quantitative estimate of drug-likeness (QED) is 0.648. The fraction of sp³-hybridized carbons (Fsp3) is 0.143. The molecule has 19 heavy (non-hydrogen) atoms. The topological polar surface area (TPSA) is 0 Å². The highest BCUT2D eigenvalue weighted by Gasteiger charge is 2.16. The monoisotopic (exact) mass is 348 g/mol. The van der Waals surface area contributed by atoms with Crippen LogP contribution in [0.1, 0.15) is 16.0 Å². The molecule has 2 aromatic rings. The van der Waals surface area contributed by atoms with Crippen molar-refractivity contribution in [3.05, 3.63) is 70.0 Å². The predicted octanol–water partition coefficient (Wildman–Crippen LogP) is 5.44. The van der Waals surface area contributed by atoms with Gasteiger partial charge in [0, 0.05) is 10.4 Å². The molecule has 5 heteroatoms. The summed E-state index contributed by atoms with van der Waals surface area (Å²) in [7, 11) is 0. The second-order valence-corrected chi connectivity index (χ2v) is 5.56. The first-order valence-electron chi connectivity index (χ1n) is 5.51. The van der Waals surface area contributed by atoms with Gasteiger partial charge in [-0.1, -0.05) is 39.7 Å². The van der Waals surface area contributed by atoms with Gasteiger partial charge in [-0.15, -0.1) is 0 Å². The highest BCUT2D eigenvalue weighted by molar-refractivity contribution is 9.09. The van der Waals surface area contributed by atoms with Crippen LogP contribution in [0.3, 0.4) is 0 Å². The number of benzene rings is 2. The molecule has 1 unspecified atom stereocenters. The first-order valence-corrected chi connectivity index (χ1v) is 6.80. The molecule has 0 aliphatic carbocycles. The van der Waals surface area contributed by atoms with Crippen molar-refractivity contribution in [1.29, 1.82) is 0 Å². The van der Waals surface area contributed by atoms with Gasteiger partial charge in [0.1, 0.15) is 17.5 Å². The van der Waals surface area contributed by atoms with E-state index >= 15 is 0 Å². The molecule has 0 radical (unpaired) electrons. The SMILES string of the molecule is Fc1cc(C(Br)Cc2c(F)cccc2F)ccc1Cl. The number of halogens is 5. The zero-order chi connectivity index (χ0) is 14.0. The van der Waals surface area contributed by atoms with E-state index in [1.807, 2.05) is 0 Å². The molecule has 0 aromatic heterocycles. The summed E-state index contributed by atoms with van der Waals surface area (Å²) in [5.41, 5.74) is 0.546. The van der Waals surface area contributed by atoms with Crippen molar-refractivity contribution in [3.63, 3.8) is 0 Å². The largest absolute Gasteiger partial charge is 0.207 e. The molecule has 2 aromatic carbocycles. The molecule has 100 valence electrons. The Morgan fingerprint density at radius 1 is 1.00 bits per heavy atom. The standard InChI is InChI=1S/C14H9BrClF3/c15-10(8-4-5-11(16)14(19)6-8)7-9-12(17)2-1-3-13(9)18/h1-6,10H,7H2. The van der Waals surface area contributed by atoms with E-state index < -0.39 is 22.3 Å². The van der Waals surface area contributed by atoms with Crippen molar-refractivity contribution >= 4 is 27.5 Å². The van der Waals surface area contributed by atoms with Gasteiger partial charge in [0.25, 0.3) is 0 Å². The molecule has 0 saturated heterocycles. The molecular weight excluding hydrogens is 341 g/mol. The maximum Gasteiger partial charge on any atom is 0.142 e. The Balaban J connectivity index is 2.25. The molecule has 0 spiro atoms. The molecule has 0 heterocycles. The van der Waals surface area contributed by atoms with Crippen LogP contribution in [0.25, 0.3) is 0 Å². The molecule has 0 fully saturated rings. The first kappa shape index (κ1) is 14.4. The fourth-order valence-corrected chi connectivity index (χ4v) is 2.46. The third-order valence-electron chi connectivity index (χ3n) is 2.75. The summed E-state index contributed by atoms with van der Waals surface area (Å²) in [6, 6.07) is 7.97. The van der Waals surface area contributed by atoms with E-state index in [1.54, 1.807) is 6.07 Å². The van der Waals surface area contributed by atoms with Crippen molar-refractivity contribution < 1.29 is 13.2 Å². The third-order valence-corrected chi connectivity index (χ3v) is 3.91. The molecule has 2 rings (SSSR count). The molecule has 0 aliphatic rings. The van der Waals surface area contributed by atoms with Gasteiger partial charge in [0.05, 0.1) is 5.02 Å². The molecule has 1 atom stereocenters. The second kappa shape index (κ2) is 5.97. The Labute approximate surface area is 122 Å². The Morgan fingerprint density at radius 2 is 1.63 bits per heavy atom. The Hall–Kier alpha value is -1.00. The number of alkyl halides is 1. The normalized spacial score (nSPS) is 12.5. The van der Waals surface area contributed by atoms with E-state index in [1.165, 1.54) is 30.3 Å². The maximum atomic E-state index is 13.5. The van der Waals surface area contributed by atoms with Gasteiger partial charge in [-0.25, -0.2) is 13.2 Å². The van der Waals surface area contributed by atoms with Crippen molar-refractivity contribution in [1.82, 2.24) is 0 Å². The lowest BCUT2D eigenvalue weighted by Crippen LogP contribution is -2.01. The second-order valence-electron chi connectivity index (χ2n) is 4.05. The van der Waals surface area contributed by atoms with Crippen LogP contribution >= 0.6 is 27.5 Å². The van der Waals surface area contributed by atoms with Gasteiger partial charge < -0.3 is 0 Å². The van der Waals surface area contributed by atoms with Crippen molar-refractivity contribution in [3.8, 4) is 0 Å². The van der Waals surface area contributed by atoms with E-state index in [9.17, 15) is 13.2 Å². The van der Waals surface area contributed by atoms with Gasteiger partial charge in [-0.2, -0.15) is 0 Å². The Bertz CT molecular complexity index is 581. The minimum atomic E-state index is -0.612. The Morgan fingerprint density at radius 3 is 2.21 bits per heavy atom. The Kier molecular flexibility index (Phi) is 4.53. The molecule has 0 N–H and O–H groups in total. The lowest BCUT2D eigenvalue weighted by molar-refractivity contribution is 0.554. The number of hydrogen-bond acceptors (Lipinski definition) is 0. The van der Waals surface area contributed by atoms with E-state index in [2.05, 4.69) is 15.9 Å². The van der Waals surface area contributed by atoms with Gasteiger partial charge in [0.2, 0.25) is 0 Å². The highest BCUT2D eigenvalue weighted by atomic mass is 79.9. The molecule has 0 saturated carbocycles. The summed E-state index contributed by atoms with van der Waals surface area (Å²) in [6.07, 6.45) is 0.0829. The zero-order valence-corrected chi connectivity index (χ0v) is 12.0.